The number of thiazole rings is 1. The molecule has 0 radical (unpaired) electrons. The molecule has 0 bridgehead atoms. The quantitative estimate of drug-likeness (QED) is 0.808. The number of hydrogen-bond donors (Lipinski definition) is 1. The summed E-state index contributed by atoms with van der Waals surface area (Å²) in [6.45, 7) is 3.15. The second-order valence-corrected chi connectivity index (χ2v) is 5.43. The zero-order valence-corrected chi connectivity index (χ0v) is 11.6. The van der Waals surface area contributed by atoms with Crippen LogP contribution in [-0.2, 0) is 6.54 Å². The minimum atomic E-state index is 0.452. The Morgan fingerprint density at radius 1 is 1.28 bits per heavy atom. The van der Waals surface area contributed by atoms with Gasteiger partial charge in [0.25, 0.3) is 0 Å². The summed E-state index contributed by atoms with van der Waals surface area (Å²) in [5.74, 6) is 0. The molecule has 0 aliphatic rings. The maximum absolute atomic E-state index is 4.11. The van der Waals surface area contributed by atoms with E-state index in [1.807, 2.05) is 11.7 Å². The van der Waals surface area contributed by atoms with E-state index in [1.165, 1.54) is 29.7 Å². The maximum atomic E-state index is 4.11. The zero-order valence-electron chi connectivity index (χ0n) is 10.8. The van der Waals surface area contributed by atoms with Gasteiger partial charge in [-0.3, -0.25) is 4.98 Å². The van der Waals surface area contributed by atoms with Crippen molar-refractivity contribution in [3.63, 3.8) is 0 Å². The van der Waals surface area contributed by atoms with Crippen LogP contribution in [0.4, 0.5) is 0 Å². The third-order valence-corrected chi connectivity index (χ3v) is 3.83. The van der Waals surface area contributed by atoms with Crippen molar-refractivity contribution in [2.45, 2.75) is 38.8 Å². The van der Waals surface area contributed by atoms with Gasteiger partial charge >= 0.3 is 0 Å². The molecule has 0 aliphatic carbocycles. The minimum Gasteiger partial charge on any atom is -0.305 e. The first-order valence-electron chi connectivity index (χ1n) is 6.56. The molecular weight excluding hydrogens is 240 g/mol. The maximum Gasteiger partial charge on any atom is 0.0794 e. The Morgan fingerprint density at radius 3 is 2.78 bits per heavy atom. The highest BCUT2D eigenvalue weighted by molar-refractivity contribution is 7.09. The largest absolute Gasteiger partial charge is 0.305 e. The van der Waals surface area contributed by atoms with Crippen LogP contribution in [0.2, 0.25) is 0 Å². The lowest BCUT2D eigenvalue weighted by Gasteiger charge is -2.18. The molecule has 2 rings (SSSR count). The molecule has 1 aromatic heterocycles. The fraction of sp³-hybridized carbons (Fsp3) is 0.400. The zero-order chi connectivity index (χ0) is 12.6. The van der Waals surface area contributed by atoms with Gasteiger partial charge in [-0.15, -0.1) is 11.3 Å². The summed E-state index contributed by atoms with van der Waals surface area (Å²) in [7, 11) is 0. The van der Waals surface area contributed by atoms with E-state index in [4.69, 9.17) is 0 Å². The number of unbranched alkanes of at least 4 members (excludes halogenated alkanes) is 1. The third-order valence-electron chi connectivity index (χ3n) is 3.05. The lowest BCUT2D eigenvalue weighted by Crippen LogP contribution is -2.20. The Hall–Kier alpha value is -1.19. The average Bonchev–Trinajstić information content (AvgIpc) is 2.93. The lowest BCUT2D eigenvalue weighted by molar-refractivity contribution is 0.482. The molecule has 1 aromatic carbocycles. The molecular formula is C15H20N2S. The van der Waals surface area contributed by atoms with Crippen molar-refractivity contribution in [2.75, 3.05) is 0 Å². The van der Waals surface area contributed by atoms with Gasteiger partial charge in [-0.25, -0.2) is 0 Å². The monoisotopic (exact) mass is 260 g/mol. The summed E-state index contributed by atoms with van der Waals surface area (Å²) in [5.41, 5.74) is 3.27. The van der Waals surface area contributed by atoms with Crippen LogP contribution in [-0.4, -0.2) is 4.98 Å². The summed E-state index contributed by atoms with van der Waals surface area (Å²) in [5, 5.41) is 3.64. The predicted molar refractivity (Wildman–Crippen MR) is 77.7 cm³/mol. The van der Waals surface area contributed by atoms with Crippen LogP contribution in [0.1, 0.15) is 42.7 Å². The summed E-state index contributed by atoms with van der Waals surface area (Å²) in [4.78, 5) is 5.41. The first-order chi connectivity index (χ1) is 8.90. The molecule has 1 unspecified atom stereocenters. The van der Waals surface area contributed by atoms with E-state index in [9.17, 15) is 0 Å². The fourth-order valence-electron chi connectivity index (χ4n) is 2.03. The van der Waals surface area contributed by atoms with Crippen LogP contribution in [0, 0.1) is 0 Å². The SMILES string of the molecule is CCCCC(NCc1cncs1)c1ccccc1. The van der Waals surface area contributed by atoms with Gasteiger partial charge in [0.15, 0.2) is 0 Å². The number of nitrogens with zero attached hydrogens (tertiary/aromatic N) is 1. The molecule has 1 atom stereocenters. The van der Waals surface area contributed by atoms with E-state index in [-0.39, 0.29) is 0 Å². The third kappa shape index (κ3) is 3.93. The van der Waals surface area contributed by atoms with Crippen molar-refractivity contribution in [3.8, 4) is 0 Å². The van der Waals surface area contributed by atoms with E-state index in [1.54, 1.807) is 11.3 Å². The van der Waals surface area contributed by atoms with E-state index in [2.05, 4.69) is 47.6 Å². The second kappa shape index (κ2) is 7.29. The summed E-state index contributed by atoms with van der Waals surface area (Å²) in [6, 6.07) is 11.2. The normalized spacial score (nSPS) is 12.5. The number of aromatic nitrogens is 1. The lowest BCUT2D eigenvalue weighted by atomic mass is 10.0. The molecule has 0 saturated carbocycles. The highest BCUT2D eigenvalue weighted by atomic mass is 32.1. The van der Waals surface area contributed by atoms with Gasteiger partial charge in [0.1, 0.15) is 0 Å². The Labute approximate surface area is 113 Å². The molecule has 2 aromatic rings. The predicted octanol–water partition coefficient (Wildman–Crippen LogP) is 4.16. The van der Waals surface area contributed by atoms with Crippen molar-refractivity contribution in [2.24, 2.45) is 0 Å². The van der Waals surface area contributed by atoms with Crippen molar-refractivity contribution < 1.29 is 0 Å². The van der Waals surface area contributed by atoms with Gasteiger partial charge in [0, 0.05) is 23.7 Å². The van der Waals surface area contributed by atoms with Gasteiger partial charge in [-0.2, -0.15) is 0 Å². The Kier molecular flexibility index (Phi) is 5.36. The van der Waals surface area contributed by atoms with Crippen LogP contribution < -0.4 is 5.32 Å². The highest BCUT2D eigenvalue weighted by Gasteiger charge is 2.10. The molecule has 18 heavy (non-hydrogen) atoms. The van der Waals surface area contributed by atoms with E-state index < -0.39 is 0 Å². The summed E-state index contributed by atoms with van der Waals surface area (Å²) < 4.78 is 0. The number of hydrogen-bond acceptors (Lipinski definition) is 3. The van der Waals surface area contributed by atoms with E-state index >= 15 is 0 Å². The molecule has 3 heteroatoms. The summed E-state index contributed by atoms with van der Waals surface area (Å²) in [6.07, 6.45) is 5.64. The fourth-order valence-corrected chi connectivity index (χ4v) is 2.58. The van der Waals surface area contributed by atoms with Crippen molar-refractivity contribution in [3.05, 3.63) is 52.5 Å². The minimum absolute atomic E-state index is 0.452. The highest BCUT2D eigenvalue weighted by Crippen LogP contribution is 2.20. The van der Waals surface area contributed by atoms with E-state index in [0.717, 1.165) is 6.54 Å². The van der Waals surface area contributed by atoms with Crippen LogP contribution >= 0.6 is 11.3 Å². The second-order valence-electron chi connectivity index (χ2n) is 4.45. The Morgan fingerprint density at radius 2 is 2.11 bits per heavy atom. The van der Waals surface area contributed by atoms with Crippen LogP contribution in [0.25, 0.3) is 0 Å². The van der Waals surface area contributed by atoms with Gasteiger partial charge in [0.2, 0.25) is 0 Å². The number of nitrogens with one attached hydrogen (secondary N) is 1. The van der Waals surface area contributed by atoms with Crippen LogP contribution in [0.5, 0.6) is 0 Å². The van der Waals surface area contributed by atoms with Gasteiger partial charge < -0.3 is 5.32 Å². The van der Waals surface area contributed by atoms with Gasteiger partial charge in [-0.05, 0) is 12.0 Å². The molecule has 0 spiro atoms. The topological polar surface area (TPSA) is 24.9 Å². The first kappa shape index (κ1) is 13.2. The summed E-state index contributed by atoms with van der Waals surface area (Å²) >= 11 is 1.71. The smallest absolute Gasteiger partial charge is 0.0794 e. The molecule has 0 amide bonds. The number of rotatable bonds is 7. The first-order valence-corrected chi connectivity index (χ1v) is 7.44. The molecule has 1 heterocycles. The van der Waals surface area contributed by atoms with Gasteiger partial charge in [-0.1, -0.05) is 50.1 Å². The Bertz CT molecular complexity index is 425. The van der Waals surface area contributed by atoms with Crippen LogP contribution in [0.3, 0.4) is 0 Å². The molecule has 0 fully saturated rings. The molecule has 0 aliphatic heterocycles. The van der Waals surface area contributed by atoms with Crippen molar-refractivity contribution in [1.82, 2.24) is 10.3 Å². The van der Waals surface area contributed by atoms with Gasteiger partial charge in [0.05, 0.1) is 5.51 Å². The molecule has 96 valence electrons. The average molecular weight is 260 g/mol. The van der Waals surface area contributed by atoms with Crippen molar-refractivity contribution in [1.29, 1.82) is 0 Å². The molecule has 0 saturated heterocycles. The van der Waals surface area contributed by atoms with Crippen molar-refractivity contribution >= 4 is 11.3 Å². The molecule has 2 nitrogen and oxygen atoms in total. The standard InChI is InChI=1S/C15H20N2S/c1-2-3-9-15(13-7-5-4-6-8-13)17-11-14-10-16-12-18-14/h4-8,10,12,15,17H,2-3,9,11H2,1H3. The molecule has 1 N–H and O–H groups in total. The van der Waals surface area contributed by atoms with E-state index in [0.29, 0.717) is 6.04 Å². The number of benzene rings is 1. The van der Waals surface area contributed by atoms with Crippen LogP contribution in [0.15, 0.2) is 42.0 Å². The Balaban J connectivity index is 1.96.